The maximum absolute atomic E-state index is 13.3. The normalized spacial score (nSPS) is 13.8. The Hall–Kier alpha value is -3.40. The number of benzene rings is 2. The van der Waals surface area contributed by atoms with E-state index in [1.807, 2.05) is 0 Å². The topological polar surface area (TPSA) is 94.8 Å². The summed E-state index contributed by atoms with van der Waals surface area (Å²) in [7, 11) is 1.53. The summed E-state index contributed by atoms with van der Waals surface area (Å²) in [6.45, 7) is 1.82. The molecule has 4 aromatic rings. The molecular weight excluding hydrogens is 559 g/mol. The standard InChI is InChI=1S/C28H26Cl2N4O4S/c1-16(34-15-31-27-25(28(34)36)18-6-3-4-9-24(18)39-27)26(35)33-32-13-17-10-11-22(23(12-17)37-2)38-14-19-20(29)7-5-8-21(19)30/h5,7-8,10-13,15-16H,3-4,6,9,14H2,1-2H3,(H,33,35)/b32-13+. The fourth-order valence-corrected chi connectivity index (χ4v) is 6.26. The van der Waals surface area contributed by atoms with E-state index in [2.05, 4.69) is 15.5 Å². The van der Waals surface area contributed by atoms with Crippen LogP contribution in [0.25, 0.3) is 10.2 Å². The molecule has 8 nitrogen and oxygen atoms in total. The van der Waals surface area contributed by atoms with Crippen LogP contribution in [0.4, 0.5) is 0 Å². The molecule has 2 aromatic heterocycles. The van der Waals surface area contributed by atoms with Gasteiger partial charge in [-0.1, -0.05) is 29.3 Å². The largest absolute Gasteiger partial charge is 0.493 e. The minimum absolute atomic E-state index is 0.171. The number of halogens is 2. The number of nitrogens with one attached hydrogen (secondary N) is 1. The van der Waals surface area contributed by atoms with Crippen LogP contribution in [0.15, 0.2) is 52.6 Å². The second-order valence-corrected chi connectivity index (χ2v) is 11.1. The summed E-state index contributed by atoms with van der Waals surface area (Å²) in [5.41, 5.74) is 4.77. The molecule has 1 N–H and O–H groups in total. The Balaban J connectivity index is 1.26. The summed E-state index contributed by atoms with van der Waals surface area (Å²) in [6.07, 6.45) is 6.98. The minimum atomic E-state index is -0.785. The van der Waals surface area contributed by atoms with Crippen molar-refractivity contribution in [1.82, 2.24) is 15.0 Å². The van der Waals surface area contributed by atoms with E-state index in [9.17, 15) is 9.59 Å². The highest BCUT2D eigenvalue weighted by Gasteiger charge is 2.23. The van der Waals surface area contributed by atoms with E-state index in [4.69, 9.17) is 32.7 Å². The fraction of sp³-hybridized carbons (Fsp3) is 0.286. The van der Waals surface area contributed by atoms with Gasteiger partial charge in [0.1, 0.15) is 17.5 Å². The van der Waals surface area contributed by atoms with E-state index in [0.29, 0.717) is 38.1 Å². The summed E-state index contributed by atoms with van der Waals surface area (Å²) in [4.78, 5) is 32.5. The van der Waals surface area contributed by atoms with E-state index in [0.717, 1.165) is 36.1 Å². The van der Waals surface area contributed by atoms with Crippen LogP contribution in [0.5, 0.6) is 11.5 Å². The number of hydrogen-bond acceptors (Lipinski definition) is 7. The van der Waals surface area contributed by atoms with Gasteiger partial charge in [0, 0.05) is 20.5 Å². The number of nitrogens with zero attached hydrogens (tertiary/aromatic N) is 3. The minimum Gasteiger partial charge on any atom is -0.493 e. The Bertz CT molecular complexity index is 1610. The molecule has 1 atom stereocenters. The van der Waals surface area contributed by atoms with Gasteiger partial charge in [-0.15, -0.1) is 11.3 Å². The molecule has 0 bridgehead atoms. The quantitative estimate of drug-likeness (QED) is 0.204. The van der Waals surface area contributed by atoms with Crippen LogP contribution in [0, 0.1) is 0 Å². The van der Waals surface area contributed by atoms with Crippen molar-refractivity contribution in [3.63, 3.8) is 0 Å². The van der Waals surface area contributed by atoms with Gasteiger partial charge in [0.15, 0.2) is 11.5 Å². The number of carbonyl (C=O) groups excluding carboxylic acids is 1. The van der Waals surface area contributed by atoms with Crippen molar-refractivity contribution in [2.24, 2.45) is 5.10 Å². The monoisotopic (exact) mass is 584 g/mol. The Kier molecular flexibility index (Phi) is 8.20. The number of carbonyl (C=O) groups is 1. The van der Waals surface area contributed by atoms with Gasteiger partial charge in [0.2, 0.25) is 0 Å². The summed E-state index contributed by atoms with van der Waals surface area (Å²) in [5.74, 6) is 0.551. The molecular formula is C28H26Cl2N4O4S. The molecule has 1 aliphatic carbocycles. The van der Waals surface area contributed by atoms with E-state index in [-0.39, 0.29) is 12.2 Å². The zero-order valence-electron chi connectivity index (χ0n) is 21.4. The van der Waals surface area contributed by atoms with Crippen molar-refractivity contribution in [3.05, 3.63) is 84.7 Å². The van der Waals surface area contributed by atoms with Crippen molar-refractivity contribution in [1.29, 1.82) is 0 Å². The van der Waals surface area contributed by atoms with E-state index >= 15 is 0 Å². The highest BCUT2D eigenvalue weighted by molar-refractivity contribution is 7.18. The molecule has 0 saturated heterocycles. The molecule has 0 spiro atoms. The number of fused-ring (bicyclic) bond motifs is 3. The average molecular weight is 586 g/mol. The maximum atomic E-state index is 13.3. The van der Waals surface area contributed by atoms with E-state index in [1.54, 1.807) is 54.7 Å². The second-order valence-electron chi connectivity index (χ2n) is 9.16. The van der Waals surface area contributed by atoms with Crippen LogP contribution in [-0.4, -0.2) is 28.8 Å². The first-order valence-corrected chi connectivity index (χ1v) is 14.0. The molecule has 2 aromatic carbocycles. The third-order valence-electron chi connectivity index (χ3n) is 6.71. The lowest BCUT2D eigenvalue weighted by molar-refractivity contribution is -0.123. The lowest BCUT2D eigenvalue weighted by atomic mass is 9.97. The zero-order chi connectivity index (χ0) is 27.5. The van der Waals surface area contributed by atoms with Gasteiger partial charge < -0.3 is 9.47 Å². The van der Waals surface area contributed by atoms with Crippen LogP contribution in [0.2, 0.25) is 10.0 Å². The summed E-state index contributed by atoms with van der Waals surface area (Å²) in [6, 6.07) is 9.71. The first kappa shape index (κ1) is 27.2. The first-order chi connectivity index (χ1) is 18.9. The smallest absolute Gasteiger partial charge is 0.263 e. The molecule has 202 valence electrons. The van der Waals surface area contributed by atoms with Gasteiger partial charge in [-0.05, 0) is 74.1 Å². The van der Waals surface area contributed by atoms with Gasteiger partial charge in [0.25, 0.3) is 11.5 Å². The highest BCUT2D eigenvalue weighted by Crippen LogP contribution is 2.34. The first-order valence-electron chi connectivity index (χ1n) is 12.5. The molecule has 1 aliphatic rings. The van der Waals surface area contributed by atoms with Crippen LogP contribution >= 0.6 is 34.5 Å². The average Bonchev–Trinajstić information content (AvgIpc) is 3.32. The van der Waals surface area contributed by atoms with Gasteiger partial charge in [-0.3, -0.25) is 14.2 Å². The SMILES string of the molecule is COc1cc(/C=N/NC(=O)C(C)n2cnc3sc4c(c3c2=O)CCCC4)ccc1OCc1c(Cl)cccc1Cl. The molecule has 39 heavy (non-hydrogen) atoms. The predicted molar refractivity (Wildman–Crippen MR) is 155 cm³/mol. The predicted octanol–water partition coefficient (Wildman–Crippen LogP) is 5.94. The number of hydrazone groups is 1. The molecule has 0 saturated carbocycles. The number of amides is 1. The van der Waals surface area contributed by atoms with Crippen molar-refractivity contribution in [3.8, 4) is 11.5 Å². The number of thiophene rings is 1. The molecule has 2 heterocycles. The Morgan fingerprint density at radius 2 is 1.97 bits per heavy atom. The van der Waals surface area contributed by atoms with E-state index < -0.39 is 11.9 Å². The number of hydrogen-bond donors (Lipinski definition) is 1. The number of methoxy groups -OCH3 is 1. The summed E-state index contributed by atoms with van der Waals surface area (Å²) in [5, 5.41) is 5.75. The second kappa shape index (κ2) is 11.8. The lowest BCUT2D eigenvalue weighted by Gasteiger charge is -2.14. The summed E-state index contributed by atoms with van der Waals surface area (Å²) >= 11 is 14.0. The van der Waals surface area contributed by atoms with Crippen molar-refractivity contribution < 1.29 is 14.3 Å². The number of rotatable bonds is 8. The van der Waals surface area contributed by atoms with Gasteiger partial charge in [-0.2, -0.15) is 5.10 Å². The van der Waals surface area contributed by atoms with Crippen LogP contribution in [-0.2, 0) is 24.2 Å². The maximum Gasteiger partial charge on any atom is 0.263 e. The Labute approximate surface area is 239 Å². The molecule has 0 aliphatic heterocycles. The Morgan fingerprint density at radius 1 is 1.21 bits per heavy atom. The molecule has 0 radical (unpaired) electrons. The molecule has 0 fully saturated rings. The third kappa shape index (κ3) is 5.66. The molecule has 11 heteroatoms. The molecule has 1 amide bonds. The van der Waals surface area contributed by atoms with Gasteiger partial charge in [0.05, 0.1) is 25.0 Å². The number of ether oxygens (including phenoxy) is 2. The lowest BCUT2D eigenvalue weighted by Crippen LogP contribution is -2.34. The van der Waals surface area contributed by atoms with Gasteiger partial charge in [-0.25, -0.2) is 10.4 Å². The van der Waals surface area contributed by atoms with Gasteiger partial charge >= 0.3 is 0 Å². The summed E-state index contributed by atoms with van der Waals surface area (Å²) < 4.78 is 12.7. The van der Waals surface area contributed by atoms with Crippen molar-refractivity contribution >= 4 is 56.9 Å². The van der Waals surface area contributed by atoms with Crippen molar-refractivity contribution in [2.75, 3.05) is 7.11 Å². The highest BCUT2D eigenvalue weighted by atomic mass is 35.5. The van der Waals surface area contributed by atoms with Crippen LogP contribution < -0.4 is 20.5 Å². The fourth-order valence-electron chi connectivity index (χ4n) is 4.53. The van der Waals surface area contributed by atoms with E-state index in [1.165, 1.54) is 29.1 Å². The molecule has 1 unspecified atom stereocenters. The van der Waals surface area contributed by atoms with Crippen LogP contribution in [0.3, 0.4) is 0 Å². The molecule has 5 rings (SSSR count). The Morgan fingerprint density at radius 3 is 2.74 bits per heavy atom. The third-order valence-corrected chi connectivity index (χ3v) is 8.61. The zero-order valence-corrected chi connectivity index (χ0v) is 23.7. The number of aromatic nitrogens is 2. The van der Waals surface area contributed by atoms with Crippen LogP contribution in [0.1, 0.15) is 47.4 Å². The van der Waals surface area contributed by atoms with Crippen molar-refractivity contribution in [2.45, 2.75) is 45.3 Å². The number of aryl methyl sites for hydroxylation is 2.